The monoisotopic (exact) mass is 359 g/mol. The summed E-state index contributed by atoms with van der Waals surface area (Å²) in [7, 11) is 0. The number of hydrogen-bond acceptors (Lipinski definition) is 2. The molecule has 7 heteroatoms. The van der Waals surface area contributed by atoms with E-state index in [1.54, 1.807) is 26.0 Å². The molecule has 0 bridgehead atoms. The second kappa shape index (κ2) is 7.03. The summed E-state index contributed by atoms with van der Waals surface area (Å²) in [5, 5.41) is 6.90. The van der Waals surface area contributed by atoms with Crippen LogP contribution in [0.4, 0.5) is 13.2 Å². The van der Waals surface area contributed by atoms with Crippen molar-refractivity contribution in [3.8, 4) is 5.69 Å². The number of amides is 1. The Bertz CT molecular complexity index is 951. The van der Waals surface area contributed by atoms with Crippen molar-refractivity contribution in [2.75, 3.05) is 0 Å². The van der Waals surface area contributed by atoms with Gasteiger partial charge in [-0.05, 0) is 55.8 Å². The molecule has 26 heavy (non-hydrogen) atoms. The van der Waals surface area contributed by atoms with Gasteiger partial charge in [-0.15, -0.1) is 0 Å². The van der Waals surface area contributed by atoms with Crippen molar-refractivity contribution in [1.29, 1.82) is 0 Å². The van der Waals surface area contributed by atoms with Gasteiger partial charge in [0.2, 0.25) is 0 Å². The number of carbonyl (C=O) groups excluding carboxylic acids is 1. The minimum absolute atomic E-state index is 0.337. The molecule has 134 valence electrons. The van der Waals surface area contributed by atoms with Crippen molar-refractivity contribution >= 4 is 5.91 Å². The van der Waals surface area contributed by atoms with E-state index in [2.05, 4.69) is 10.4 Å². The molecule has 3 rings (SSSR count). The minimum Gasteiger partial charge on any atom is -0.345 e. The van der Waals surface area contributed by atoms with Gasteiger partial charge in [0.1, 0.15) is 5.82 Å². The molecule has 1 heterocycles. The quantitative estimate of drug-likeness (QED) is 0.763. The van der Waals surface area contributed by atoms with E-state index in [0.717, 1.165) is 12.1 Å². The molecule has 1 aromatic heterocycles. The van der Waals surface area contributed by atoms with Gasteiger partial charge in [-0.3, -0.25) is 4.79 Å². The Morgan fingerprint density at radius 3 is 2.42 bits per heavy atom. The van der Waals surface area contributed by atoms with E-state index in [-0.39, 0.29) is 5.82 Å². The number of halogens is 3. The fraction of sp³-hybridized carbons (Fsp3) is 0.158. The molecule has 0 saturated carbocycles. The first-order chi connectivity index (χ1) is 12.4. The molecule has 0 aliphatic carbocycles. The van der Waals surface area contributed by atoms with Gasteiger partial charge < -0.3 is 5.32 Å². The van der Waals surface area contributed by atoms with Gasteiger partial charge in [-0.2, -0.15) is 5.10 Å². The molecular weight excluding hydrogens is 343 g/mol. The maximum absolute atomic E-state index is 13.4. The molecule has 0 saturated heterocycles. The first-order valence-electron chi connectivity index (χ1n) is 7.93. The highest BCUT2D eigenvalue weighted by molar-refractivity contribution is 5.95. The van der Waals surface area contributed by atoms with Crippen LogP contribution in [0.3, 0.4) is 0 Å². The van der Waals surface area contributed by atoms with Gasteiger partial charge in [-0.25, -0.2) is 17.9 Å². The van der Waals surface area contributed by atoms with E-state index < -0.39 is 23.6 Å². The lowest BCUT2D eigenvalue weighted by atomic mass is 10.1. The highest BCUT2D eigenvalue weighted by atomic mass is 19.2. The van der Waals surface area contributed by atoms with Crippen molar-refractivity contribution < 1.29 is 18.0 Å². The van der Waals surface area contributed by atoms with E-state index in [1.807, 2.05) is 0 Å². The number of carbonyl (C=O) groups is 1. The Morgan fingerprint density at radius 2 is 1.77 bits per heavy atom. The second-order valence-corrected chi connectivity index (χ2v) is 5.90. The summed E-state index contributed by atoms with van der Waals surface area (Å²) in [4.78, 5) is 12.5. The summed E-state index contributed by atoms with van der Waals surface area (Å²) in [6.07, 6.45) is 1.41. The number of hydrogen-bond donors (Lipinski definition) is 1. The molecule has 1 N–H and O–H groups in total. The maximum Gasteiger partial charge on any atom is 0.255 e. The lowest BCUT2D eigenvalue weighted by Crippen LogP contribution is -2.27. The van der Waals surface area contributed by atoms with Crippen LogP contribution in [-0.2, 0) is 0 Å². The molecule has 2 aromatic carbocycles. The van der Waals surface area contributed by atoms with Gasteiger partial charge >= 0.3 is 0 Å². The SMILES string of the molecule is Cc1c(C(=O)NC(C)c2ccc(F)c(F)c2)cnn1-c1ccc(F)cc1. The average Bonchev–Trinajstić information content (AvgIpc) is 2.99. The minimum atomic E-state index is -0.969. The number of nitrogens with zero attached hydrogens (tertiary/aromatic N) is 2. The van der Waals surface area contributed by atoms with E-state index >= 15 is 0 Å². The second-order valence-electron chi connectivity index (χ2n) is 5.90. The predicted molar refractivity (Wildman–Crippen MR) is 90.5 cm³/mol. The van der Waals surface area contributed by atoms with Crippen LogP contribution >= 0.6 is 0 Å². The Kier molecular flexibility index (Phi) is 4.79. The third-order valence-electron chi connectivity index (χ3n) is 4.12. The maximum atomic E-state index is 13.4. The van der Waals surface area contributed by atoms with E-state index in [1.165, 1.54) is 29.1 Å². The van der Waals surface area contributed by atoms with Gasteiger partial charge in [0.05, 0.1) is 29.2 Å². The lowest BCUT2D eigenvalue weighted by Gasteiger charge is -2.14. The summed E-state index contributed by atoms with van der Waals surface area (Å²) in [6, 6.07) is 8.69. The normalized spacial score (nSPS) is 12.0. The first-order valence-corrected chi connectivity index (χ1v) is 7.93. The topological polar surface area (TPSA) is 46.9 Å². The molecule has 3 aromatic rings. The van der Waals surface area contributed by atoms with Crippen molar-refractivity contribution in [1.82, 2.24) is 15.1 Å². The molecule has 0 radical (unpaired) electrons. The summed E-state index contributed by atoms with van der Waals surface area (Å²) >= 11 is 0. The van der Waals surface area contributed by atoms with E-state index in [9.17, 15) is 18.0 Å². The molecule has 1 unspecified atom stereocenters. The predicted octanol–water partition coefficient (Wildman–Crippen LogP) is 4.09. The fourth-order valence-corrected chi connectivity index (χ4v) is 2.61. The summed E-state index contributed by atoms with van der Waals surface area (Å²) in [5.41, 5.74) is 1.98. The number of nitrogens with one attached hydrogen (secondary N) is 1. The highest BCUT2D eigenvalue weighted by Crippen LogP contribution is 2.19. The smallest absolute Gasteiger partial charge is 0.255 e. The first kappa shape index (κ1) is 17.7. The van der Waals surface area contributed by atoms with Crippen LogP contribution in [0.5, 0.6) is 0 Å². The van der Waals surface area contributed by atoms with E-state index in [0.29, 0.717) is 22.5 Å². The molecule has 1 atom stereocenters. The Balaban J connectivity index is 1.80. The van der Waals surface area contributed by atoms with Crippen molar-refractivity contribution in [3.63, 3.8) is 0 Å². The van der Waals surface area contributed by atoms with Crippen molar-refractivity contribution in [2.24, 2.45) is 0 Å². The van der Waals surface area contributed by atoms with Crippen LogP contribution in [0.1, 0.15) is 34.6 Å². The van der Waals surface area contributed by atoms with Gasteiger partial charge in [0.15, 0.2) is 11.6 Å². The van der Waals surface area contributed by atoms with Crippen LogP contribution in [0, 0.1) is 24.4 Å². The molecule has 4 nitrogen and oxygen atoms in total. The number of benzene rings is 2. The standard InChI is InChI=1S/C19H16F3N3O/c1-11(13-3-8-17(21)18(22)9-13)24-19(26)16-10-23-25(12(16)2)15-6-4-14(20)5-7-15/h3-11H,1-2H3,(H,24,26). The molecule has 0 aliphatic heterocycles. The Hall–Kier alpha value is -3.09. The average molecular weight is 359 g/mol. The van der Waals surface area contributed by atoms with Crippen LogP contribution in [0.25, 0.3) is 5.69 Å². The Morgan fingerprint density at radius 1 is 1.08 bits per heavy atom. The largest absolute Gasteiger partial charge is 0.345 e. The van der Waals surface area contributed by atoms with Gasteiger partial charge in [0.25, 0.3) is 5.91 Å². The fourth-order valence-electron chi connectivity index (χ4n) is 2.61. The zero-order valence-corrected chi connectivity index (χ0v) is 14.1. The zero-order chi connectivity index (χ0) is 18.8. The lowest BCUT2D eigenvalue weighted by molar-refractivity contribution is 0.0939. The van der Waals surface area contributed by atoms with E-state index in [4.69, 9.17) is 0 Å². The third kappa shape index (κ3) is 3.46. The molecule has 0 fully saturated rings. The summed E-state index contributed by atoms with van der Waals surface area (Å²) in [6.45, 7) is 3.39. The highest BCUT2D eigenvalue weighted by Gasteiger charge is 2.18. The third-order valence-corrected chi connectivity index (χ3v) is 4.12. The van der Waals surface area contributed by atoms with Crippen LogP contribution < -0.4 is 5.32 Å². The molecular formula is C19H16F3N3O. The molecule has 1 amide bonds. The number of rotatable bonds is 4. The number of aromatic nitrogens is 2. The molecule has 0 spiro atoms. The summed E-state index contributed by atoms with van der Waals surface area (Å²) in [5.74, 6) is -2.67. The van der Waals surface area contributed by atoms with Crippen molar-refractivity contribution in [3.05, 3.63) is 82.9 Å². The van der Waals surface area contributed by atoms with Crippen LogP contribution in [0.15, 0.2) is 48.7 Å². The van der Waals surface area contributed by atoms with Crippen molar-refractivity contribution in [2.45, 2.75) is 19.9 Å². The van der Waals surface area contributed by atoms with Gasteiger partial charge in [0, 0.05) is 0 Å². The molecule has 0 aliphatic rings. The van der Waals surface area contributed by atoms with Crippen LogP contribution in [-0.4, -0.2) is 15.7 Å². The zero-order valence-electron chi connectivity index (χ0n) is 14.1. The van der Waals surface area contributed by atoms with Gasteiger partial charge in [-0.1, -0.05) is 6.07 Å². The Labute approximate surface area is 148 Å². The summed E-state index contributed by atoms with van der Waals surface area (Å²) < 4.78 is 41.0. The van der Waals surface area contributed by atoms with Crippen LogP contribution in [0.2, 0.25) is 0 Å².